The molecule has 3 aromatic carbocycles. The summed E-state index contributed by atoms with van der Waals surface area (Å²) in [5.41, 5.74) is 3.13. The van der Waals surface area contributed by atoms with Crippen molar-refractivity contribution in [2.24, 2.45) is 0 Å². The average molecular weight is 508 g/mol. The third kappa shape index (κ3) is 4.06. The lowest BCUT2D eigenvalue weighted by Crippen LogP contribution is -2.40. The molecule has 186 valence electrons. The van der Waals surface area contributed by atoms with E-state index in [1.807, 2.05) is 42.5 Å². The van der Waals surface area contributed by atoms with Crippen LogP contribution in [0, 0.1) is 0 Å². The van der Waals surface area contributed by atoms with Gasteiger partial charge in [-0.15, -0.1) is 0 Å². The third-order valence-corrected chi connectivity index (χ3v) is 8.53. The molecule has 3 aliphatic heterocycles. The third-order valence-electron chi connectivity index (χ3n) is 6.61. The summed E-state index contributed by atoms with van der Waals surface area (Å²) in [5.74, 6) is 1.28. The lowest BCUT2D eigenvalue weighted by Gasteiger charge is -2.28. The van der Waals surface area contributed by atoms with Crippen molar-refractivity contribution in [1.82, 2.24) is 9.21 Å². The van der Waals surface area contributed by atoms with Crippen molar-refractivity contribution in [3.05, 3.63) is 83.4 Å². The monoisotopic (exact) mass is 507 g/mol. The maximum atomic E-state index is 13.3. The number of carbonyl (C=O) groups is 1. The van der Waals surface area contributed by atoms with Gasteiger partial charge in [0, 0.05) is 36.4 Å². The van der Waals surface area contributed by atoms with Crippen LogP contribution in [0.3, 0.4) is 0 Å². The van der Waals surface area contributed by atoms with Crippen LogP contribution in [0.5, 0.6) is 11.5 Å². The molecule has 1 saturated heterocycles. The van der Waals surface area contributed by atoms with E-state index in [1.165, 1.54) is 4.31 Å². The number of nitrogens with zero attached hydrogens (tertiary/aromatic N) is 2. The summed E-state index contributed by atoms with van der Waals surface area (Å²) < 4.78 is 43.5. The van der Waals surface area contributed by atoms with Gasteiger partial charge in [-0.25, -0.2) is 8.42 Å². The molecular weight excluding hydrogens is 482 g/mol. The molecule has 0 aliphatic carbocycles. The molecule has 0 bridgehead atoms. The van der Waals surface area contributed by atoms with E-state index in [4.69, 9.17) is 14.2 Å². The zero-order chi connectivity index (χ0) is 24.7. The van der Waals surface area contributed by atoms with Crippen LogP contribution in [-0.4, -0.2) is 56.6 Å². The fraction of sp³-hybridized carbons (Fsp3) is 0.269. The second-order valence-corrected chi connectivity index (χ2v) is 10.7. The van der Waals surface area contributed by atoms with Gasteiger partial charge in [-0.05, 0) is 48.0 Å². The predicted octanol–water partition coefficient (Wildman–Crippen LogP) is 3.20. The zero-order valence-electron chi connectivity index (χ0n) is 19.4. The Balaban J connectivity index is 1.26. The quantitative estimate of drug-likeness (QED) is 0.547. The Labute approximate surface area is 209 Å². The maximum Gasteiger partial charge on any atom is 0.256 e. The molecule has 0 radical (unpaired) electrons. The summed E-state index contributed by atoms with van der Waals surface area (Å²) in [5, 5.41) is 3.43. The van der Waals surface area contributed by atoms with Crippen molar-refractivity contribution in [1.29, 1.82) is 0 Å². The molecule has 3 heterocycles. The largest absolute Gasteiger partial charge is 0.454 e. The van der Waals surface area contributed by atoms with Gasteiger partial charge in [-0.2, -0.15) is 4.31 Å². The molecule has 3 aromatic rings. The number of rotatable bonds is 6. The minimum absolute atomic E-state index is 0.0766. The SMILES string of the molecule is O=C1c2ccccc2[C@@H](Nc2ccc(S(=O)(=O)N3CCOCC3)cc2)N1Cc1ccc2c(c1)OCO2. The number of morpholine rings is 1. The van der Waals surface area contributed by atoms with Crippen molar-refractivity contribution in [2.75, 3.05) is 38.4 Å². The molecule has 9 nitrogen and oxygen atoms in total. The van der Waals surface area contributed by atoms with Gasteiger partial charge in [0.1, 0.15) is 6.17 Å². The summed E-state index contributed by atoms with van der Waals surface area (Å²) >= 11 is 0. The van der Waals surface area contributed by atoms with Gasteiger partial charge < -0.3 is 24.4 Å². The highest BCUT2D eigenvalue weighted by Crippen LogP contribution is 2.38. The number of carbonyl (C=O) groups excluding carboxylic acids is 1. The summed E-state index contributed by atoms with van der Waals surface area (Å²) in [6.45, 7) is 2.04. The van der Waals surface area contributed by atoms with E-state index in [2.05, 4.69) is 5.32 Å². The van der Waals surface area contributed by atoms with Crippen LogP contribution in [0.15, 0.2) is 71.6 Å². The molecule has 0 aromatic heterocycles. The molecule has 3 aliphatic rings. The summed E-state index contributed by atoms with van der Waals surface area (Å²) in [6.07, 6.45) is -0.416. The van der Waals surface area contributed by atoms with E-state index in [1.54, 1.807) is 29.2 Å². The molecule has 1 amide bonds. The topological polar surface area (TPSA) is 97.4 Å². The fourth-order valence-electron chi connectivity index (χ4n) is 4.74. The maximum absolute atomic E-state index is 13.3. The van der Waals surface area contributed by atoms with Crippen molar-refractivity contribution in [2.45, 2.75) is 17.6 Å². The highest BCUT2D eigenvalue weighted by molar-refractivity contribution is 7.89. The lowest BCUT2D eigenvalue weighted by molar-refractivity contribution is 0.0728. The van der Waals surface area contributed by atoms with Crippen LogP contribution in [0.4, 0.5) is 5.69 Å². The Morgan fingerprint density at radius 2 is 1.67 bits per heavy atom. The highest BCUT2D eigenvalue weighted by atomic mass is 32.2. The smallest absolute Gasteiger partial charge is 0.256 e. The number of anilines is 1. The molecular formula is C26H25N3O6S. The normalized spacial score (nSPS) is 19.4. The van der Waals surface area contributed by atoms with E-state index in [9.17, 15) is 13.2 Å². The van der Waals surface area contributed by atoms with Crippen LogP contribution in [-0.2, 0) is 21.3 Å². The van der Waals surface area contributed by atoms with Crippen LogP contribution in [0.1, 0.15) is 27.7 Å². The number of hydrogen-bond donors (Lipinski definition) is 1. The number of benzene rings is 3. The van der Waals surface area contributed by atoms with Gasteiger partial charge in [0.25, 0.3) is 5.91 Å². The first-order valence-electron chi connectivity index (χ1n) is 11.7. The van der Waals surface area contributed by atoms with Gasteiger partial charge in [-0.3, -0.25) is 4.79 Å². The molecule has 0 unspecified atom stereocenters. The molecule has 1 atom stereocenters. The molecule has 1 fully saturated rings. The van der Waals surface area contributed by atoms with E-state index in [0.29, 0.717) is 55.6 Å². The molecule has 1 N–H and O–H groups in total. The molecule has 0 spiro atoms. The van der Waals surface area contributed by atoms with Crippen molar-refractivity contribution in [3.63, 3.8) is 0 Å². The Kier molecular flexibility index (Phi) is 5.79. The number of hydrogen-bond acceptors (Lipinski definition) is 7. The Bertz CT molecular complexity index is 1400. The second kappa shape index (κ2) is 9.12. The number of sulfonamides is 1. The molecule has 0 saturated carbocycles. The van der Waals surface area contributed by atoms with E-state index >= 15 is 0 Å². The zero-order valence-corrected chi connectivity index (χ0v) is 20.2. The standard InChI is InChI=1S/C26H25N3O6S/c30-26-22-4-2-1-3-21(22)25(29(26)16-18-5-10-23-24(15-18)35-17-34-23)27-19-6-8-20(9-7-19)36(31,32)28-11-13-33-14-12-28/h1-10,15,25,27H,11-14,16-17H2/t25-/m0/s1. The van der Waals surface area contributed by atoms with Crippen molar-refractivity contribution >= 4 is 21.6 Å². The van der Waals surface area contributed by atoms with Gasteiger partial charge in [0.2, 0.25) is 16.8 Å². The Hall–Kier alpha value is -3.60. The van der Waals surface area contributed by atoms with Crippen molar-refractivity contribution < 1.29 is 27.4 Å². The number of ether oxygens (including phenoxy) is 3. The van der Waals surface area contributed by atoms with Gasteiger partial charge >= 0.3 is 0 Å². The molecule has 10 heteroatoms. The first-order chi connectivity index (χ1) is 17.5. The van der Waals surface area contributed by atoms with Gasteiger partial charge in [0.15, 0.2) is 11.5 Å². The summed E-state index contributed by atoms with van der Waals surface area (Å²) in [6, 6.07) is 19.8. The Morgan fingerprint density at radius 1 is 0.917 bits per heavy atom. The Morgan fingerprint density at radius 3 is 2.47 bits per heavy atom. The summed E-state index contributed by atoms with van der Waals surface area (Å²) in [4.78, 5) is 15.3. The van der Waals surface area contributed by atoms with E-state index < -0.39 is 16.2 Å². The minimum Gasteiger partial charge on any atom is -0.454 e. The predicted molar refractivity (Wildman–Crippen MR) is 131 cm³/mol. The van der Waals surface area contributed by atoms with Crippen LogP contribution < -0.4 is 14.8 Å². The average Bonchev–Trinajstić information content (AvgIpc) is 3.48. The van der Waals surface area contributed by atoms with Gasteiger partial charge in [-0.1, -0.05) is 24.3 Å². The van der Waals surface area contributed by atoms with Gasteiger partial charge in [0.05, 0.1) is 18.1 Å². The van der Waals surface area contributed by atoms with Crippen molar-refractivity contribution in [3.8, 4) is 11.5 Å². The van der Waals surface area contributed by atoms with Crippen LogP contribution in [0.25, 0.3) is 0 Å². The first-order valence-corrected chi connectivity index (χ1v) is 13.2. The number of amides is 1. The highest BCUT2D eigenvalue weighted by Gasteiger charge is 2.37. The lowest BCUT2D eigenvalue weighted by atomic mass is 10.1. The van der Waals surface area contributed by atoms with E-state index in [-0.39, 0.29) is 17.6 Å². The fourth-order valence-corrected chi connectivity index (χ4v) is 6.15. The summed E-state index contributed by atoms with van der Waals surface area (Å²) in [7, 11) is -3.58. The van der Waals surface area contributed by atoms with Crippen LogP contribution in [0.2, 0.25) is 0 Å². The van der Waals surface area contributed by atoms with Crippen LogP contribution >= 0.6 is 0 Å². The second-order valence-electron chi connectivity index (χ2n) is 8.80. The minimum atomic E-state index is -3.58. The first kappa shape index (κ1) is 22.8. The number of fused-ring (bicyclic) bond motifs is 2. The molecule has 6 rings (SSSR count). The molecule has 36 heavy (non-hydrogen) atoms. The number of nitrogens with one attached hydrogen (secondary N) is 1. The van der Waals surface area contributed by atoms with E-state index in [0.717, 1.165) is 11.1 Å².